The van der Waals surface area contributed by atoms with Gasteiger partial charge in [0.1, 0.15) is 11.8 Å². The van der Waals surface area contributed by atoms with E-state index in [0.29, 0.717) is 11.3 Å². The quantitative estimate of drug-likeness (QED) is 0.750. The lowest BCUT2D eigenvalue weighted by atomic mass is 10.1. The zero-order valence-electron chi connectivity index (χ0n) is 11.6. The molecule has 2 aromatic carbocycles. The fraction of sp³-hybridized carbons (Fsp3) is 0.188. The Bertz CT molecular complexity index is 624. The molecule has 1 amide bonds. The summed E-state index contributed by atoms with van der Waals surface area (Å²) in [5.74, 6) is -0.0581. The molecule has 2 rings (SSSR count). The fourth-order valence-corrected chi connectivity index (χ4v) is 1.96. The SMILES string of the molecule is Cc1cc(NC(=O)C(N)c2ccccc2)c(C)cc1O. The zero-order chi connectivity index (χ0) is 14.7. The van der Waals surface area contributed by atoms with Crippen LogP contribution in [0.4, 0.5) is 5.69 Å². The second-order valence-electron chi connectivity index (χ2n) is 4.83. The summed E-state index contributed by atoms with van der Waals surface area (Å²) in [6, 6.07) is 11.8. The monoisotopic (exact) mass is 270 g/mol. The second kappa shape index (κ2) is 5.75. The Hall–Kier alpha value is -2.33. The summed E-state index contributed by atoms with van der Waals surface area (Å²) in [5, 5.41) is 12.4. The first-order chi connectivity index (χ1) is 9.49. The lowest BCUT2D eigenvalue weighted by Crippen LogP contribution is -2.28. The maximum atomic E-state index is 12.2. The number of carbonyl (C=O) groups is 1. The highest BCUT2D eigenvalue weighted by Crippen LogP contribution is 2.25. The van der Waals surface area contributed by atoms with Crippen LogP contribution in [0.3, 0.4) is 0 Å². The molecule has 0 radical (unpaired) electrons. The first kappa shape index (κ1) is 14.1. The number of aromatic hydroxyl groups is 1. The Morgan fingerprint density at radius 1 is 1.15 bits per heavy atom. The molecule has 0 aliphatic carbocycles. The molecular weight excluding hydrogens is 252 g/mol. The number of nitrogens with one attached hydrogen (secondary N) is 1. The minimum Gasteiger partial charge on any atom is -0.508 e. The molecule has 0 aromatic heterocycles. The van der Waals surface area contributed by atoms with Crippen LogP contribution >= 0.6 is 0 Å². The summed E-state index contributed by atoms with van der Waals surface area (Å²) in [6.45, 7) is 3.60. The van der Waals surface area contributed by atoms with Crippen LogP contribution in [-0.4, -0.2) is 11.0 Å². The lowest BCUT2D eigenvalue weighted by molar-refractivity contribution is -0.117. The van der Waals surface area contributed by atoms with Gasteiger partial charge in [0.15, 0.2) is 0 Å². The van der Waals surface area contributed by atoms with Crippen molar-refractivity contribution in [1.29, 1.82) is 0 Å². The number of hydrogen-bond donors (Lipinski definition) is 3. The molecule has 2 aromatic rings. The Labute approximate surface area is 118 Å². The Balaban J connectivity index is 2.18. The van der Waals surface area contributed by atoms with Crippen LogP contribution in [0, 0.1) is 13.8 Å². The molecule has 104 valence electrons. The molecule has 0 aliphatic heterocycles. The van der Waals surface area contributed by atoms with Crippen LogP contribution in [0.2, 0.25) is 0 Å². The molecule has 1 atom stereocenters. The topological polar surface area (TPSA) is 75.4 Å². The van der Waals surface area contributed by atoms with E-state index in [2.05, 4.69) is 5.32 Å². The standard InChI is InChI=1S/C16H18N2O2/c1-10-9-14(19)11(2)8-13(10)18-16(20)15(17)12-6-4-3-5-7-12/h3-9,15,19H,17H2,1-2H3,(H,18,20). The third-order valence-corrected chi connectivity index (χ3v) is 3.24. The van der Waals surface area contributed by atoms with E-state index in [1.165, 1.54) is 0 Å². The van der Waals surface area contributed by atoms with E-state index in [-0.39, 0.29) is 11.7 Å². The van der Waals surface area contributed by atoms with Gasteiger partial charge in [0.05, 0.1) is 0 Å². The van der Waals surface area contributed by atoms with E-state index in [9.17, 15) is 9.90 Å². The molecule has 0 bridgehead atoms. The highest BCUT2D eigenvalue weighted by atomic mass is 16.3. The van der Waals surface area contributed by atoms with Crippen molar-refractivity contribution in [2.75, 3.05) is 5.32 Å². The molecule has 4 nitrogen and oxygen atoms in total. The van der Waals surface area contributed by atoms with Crippen molar-refractivity contribution >= 4 is 11.6 Å². The summed E-state index contributed by atoms with van der Waals surface area (Å²) in [7, 11) is 0. The molecular formula is C16H18N2O2. The number of hydrogen-bond acceptors (Lipinski definition) is 3. The van der Waals surface area contributed by atoms with Crippen LogP contribution in [0.15, 0.2) is 42.5 Å². The third-order valence-electron chi connectivity index (χ3n) is 3.24. The van der Waals surface area contributed by atoms with Gasteiger partial charge in [-0.2, -0.15) is 0 Å². The van der Waals surface area contributed by atoms with Crippen molar-refractivity contribution in [2.24, 2.45) is 5.73 Å². The number of benzene rings is 2. The van der Waals surface area contributed by atoms with Gasteiger partial charge in [-0.3, -0.25) is 4.79 Å². The predicted octanol–water partition coefficient (Wildman–Crippen LogP) is 2.65. The summed E-state index contributed by atoms with van der Waals surface area (Å²) < 4.78 is 0. The number of rotatable bonds is 3. The number of anilines is 1. The summed E-state index contributed by atoms with van der Waals surface area (Å²) in [5.41, 5.74) is 8.87. The fourth-order valence-electron chi connectivity index (χ4n) is 1.96. The number of nitrogens with two attached hydrogens (primary N) is 1. The van der Waals surface area contributed by atoms with Crippen LogP contribution in [0.25, 0.3) is 0 Å². The maximum absolute atomic E-state index is 12.2. The molecule has 4 N–H and O–H groups in total. The first-order valence-corrected chi connectivity index (χ1v) is 6.40. The smallest absolute Gasteiger partial charge is 0.245 e. The van der Waals surface area contributed by atoms with Crippen molar-refractivity contribution in [3.63, 3.8) is 0 Å². The number of amides is 1. The van der Waals surface area contributed by atoms with Crippen LogP contribution in [0.5, 0.6) is 5.75 Å². The predicted molar refractivity (Wildman–Crippen MR) is 79.6 cm³/mol. The maximum Gasteiger partial charge on any atom is 0.245 e. The Kier molecular flexibility index (Phi) is 4.05. The van der Waals surface area contributed by atoms with Crippen LogP contribution in [-0.2, 0) is 4.79 Å². The number of aryl methyl sites for hydroxylation is 2. The highest BCUT2D eigenvalue weighted by molar-refractivity contribution is 5.96. The van der Waals surface area contributed by atoms with E-state index >= 15 is 0 Å². The van der Waals surface area contributed by atoms with Crippen molar-refractivity contribution in [1.82, 2.24) is 0 Å². The van der Waals surface area contributed by atoms with Crippen molar-refractivity contribution < 1.29 is 9.90 Å². The highest BCUT2D eigenvalue weighted by Gasteiger charge is 2.16. The van der Waals surface area contributed by atoms with Gasteiger partial charge in [-0.15, -0.1) is 0 Å². The average molecular weight is 270 g/mol. The van der Waals surface area contributed by atoms with Gasteiger partial charge in [0.2, 0.25) is 5.91 Å². The summed E-state index contributed by atoms with van der Waals surface area (Å²) >= 11 is 0. The summed E-state index contributed by atoms with van der Waals surface area (Å²) in [4.78, 5) is 12.2. The molecule has 0 spiro atoms. The first-order valence-electron chi connectivity index (χ1n) is 6.40. The van der Waals surface area contributed by atoms with Gasteiger partial charge in [-0.25, -0.2) is 0 Å². The van der Waals surface area contributed by atoms with Gasteiger partial charge in [-0.05, 0) is 42.7 Å². The van der Waals surface area contributed by atoms with Gasteiger partial charge >= 0.3 is 0 Å². The zero-order valence-corrected chi connectivity index (χ0v) is 11.6. The lowest BCUT2D eigenvalue weighted by Gasteiger charge is -2.15. The number of phenolic OH excluding ortho intramolecular Hbond substituents is 1. The second-order valence-corrected chi connectivity index (χ2v) is 4.83. The van der Waals surface area contributed by atoms with Gasteiger partial charge in [0, 0.05) is 5.69 Å². The minimum atomic E-state index is -0.718. The normalized spacial score (nSPS) is 11.9. The van der Waals surface area contributed by atoms with Crippen molar-refractivity contribution in [2.45, 2.75) is 19.9 Å². The molecule has 0 fully saturated rings. The molecule has 4 heteroatoms. The van der Waals surface area contributed by atoms with Crippen molar-refractivity contribution in [3.05, 3.63) is 59.2 Å². The van der Waals surface area contributed by atoms with Gasteiger partial charge in [-0.1, -0.05) is 30.3 Å². The molecule has 0 saturated heterocycles. The molecule has 20 heavy (non-hydrogen) atoms. The van der Waals surface area contributed by atoms with Crippen molar-refractivity contribution in [3.8, 4) is 5.75 Å². The van der Waals surface area contributed by atoms with Gasteiger partial charge in [0.25, 0.3) is 0 Å². The van der Waals surface area contributed by atoms with E-state index in [4.69, 9.17) is 5.73 Å². The molecule has 0 aliphatic rings. The average Bonchev–Trinajstić information content (AvgIpc) is 2.44. The molecule has 1 unspecified atom stereocenters. The number of phenols is 1. The van der Waals surface area contributed by atoms with Gasteiger partial charge < -0.3 is 16.2 Å². The van der Waals surface area contributed by atoms with E-state index in [1.807, 2.05) is 37.3 Å². The molecule has 0 heterocycles. The Morgan fingerprint density at radius 3 is 2.45 bits per heavy atom. The molecule has 0 saturated carbocycles. The summed E-state index contributed by atoms with van der Waals surface area (Å²) in [6.07, 6.45) is 0. The van der Waals surface area contributed by atoms with Crippen LogP contribution < -0.4 is 11.1 Å². The number of carbonyl (C=O) groups excluding carboxylic acids is 1. The van der Waals surface area contributed by atoms with E-state index in [0.717, 1.165) is 11.1 Å². The van der Waals surface area contributed by atoms with E-state index in [1.54, 1.807) is 19.1 Å². The largest absolute Gasteiger partial charge is 0.508 e. The van der Waals surface area contributed by atoms with E-state index < -0.39 is 6.04 Å². The Morgan fingerprint density at radius 2 is 1.80 bits per heavy atom. The minimum absolute atomic E-state index is 0.216. The van der Waals surface area contributed by atoms with Crippen LogP contribution in [0.1, 0.15) is 22.7 Å². The third kappa shape index (κ3) is 2.97.